The number of aromatic nitrogens is 2. The van der Waals surface area contributed by atoms with Crippen LogP contribution in [0.2, 0.25) is 0 Å². The first-order valence-corrected chi connectivity index (χ1v) is 10.1. The Hall–Kier alpha value is -3.59. The summed E-state index contributed by atoms with van der Waals surface area (Å²) in [4.78, 5) is 16.4. The molecule has 0 spiro atoms. The van der Waals surface area contributed by atoms with Gasteiger partial charge in [-0.3, -0.25) is 14.5 Å². The Morgan fingerprint density at radius 3 is 2.94 bits per heavy atom. The first kappa shape index (κ1) is 22.1. The maximum absolute atomic E-state index is 12.1. The van der Waals surface area contributed by atoms with Crippen molar-refractivity contribution in [1.82, 2.24) is 20.4 Å². The molecule has 3 aromatic rings. The third-order valence-electron chi connectivity index (χ3n) is 4.34. The second-order valence-electron chi connectivity index (χ2n) is 6.79. The fraction of sp³-hybridized carbons (Fsp3) is 0.318. The van der Waals surface area contributed by atoms with Crippen molar-refractivity contribution >= 4 is 17.6 Å². The second kappa shape index (κ2) is 12.2. The van der Waals surface area contributed by atoms with Crippen LogP contribution >= 0.6 is 0 Å². The number of nitrogens with zero attached hydrogens (tertiary/aromatic N) is 3. The monoisotopic (exact) mass is 424 g/mol. The summed E-state index contributed by atoms with van der Waals surface area (Å²) in [5, 5.41) is 13.5. The van der Waals surface area contributed by atoms with Gasteiger partial charge in [-0.05, 0) is 42.3 Å². The molecule has 1 aromatic carbocycles. The molecule has 9 nitrogen and oxygen atoms in total. The molecule has 0 atom stereocenters. The van der Waals surface area contributed by atoms with Crippen molar-refractivity contribution in [2.75, 3.05) is 25.5 Å². The Labute approximate surface area is 181 Å². The highest BCUT2D eigenvalue weighted by atomic mass is 16.5. The topological polar surface area (TPSA) is 106 Å². The van der Waals surface area contributed by atoms with E-state index in [0.717, 1.165) is 30.0 Å². The summed E-state index contributed by atoms with van der Waals surface area (Å²) in [6, 6.07) is 13.2. The van der Waals surface area contributed by atoms with Crippen LogP contribution in [0.5, 0.6) is 0 Å². The van der Waals surface area contributed by atoms with Crippen LogP contribution in [0.1, 0.15) is 17.7 Å². The average molecular weight is 425 g/mol. The lowest BCUT2D eigenvalue weighted by atomic mass is 10.2. The molecule has 0 aliphatic heterocycles. The molecule has 9 heteroatoms. The van der Waals surface area contributed by atoms with Crippen LogP contribution in [0.4, 0.5) is 5.69 Å². The molecule has 1 amide bonds. The van der Waals surface area contributed by atoms with Gasteiger partial charge >= 0.3 is 0 Å². The predicted molar refractivity (Wildman–Crippen MR) is 118 cm³/mol. The van der Waals surface area contributed by atoms with Crippen molar-refractivity contribution in [3.8, 4) is 0 Å². The van der Waals surface area contributed by atoms with Gasteiger partial charge < -0.3 is 25.1 Å². The number of rotatable bonds is 11. The van der Waals surface area contributed by atoms with E-state index in [1.165, 1.54) is 0 Å². The number of hydrogen-bond donors (Lipinski definition) is 3. The van der Waals surface area contributed by atoms with Gasteiger partial charge in [-0.25, -0.2) is 0 Å². The summed E-state index contributed by atoms with van der Waals surface area (Å²) in [5.41, 5.74) is 1.77. The quantitative estimate of drug-likeness (QED) is 0.248. The predicted octanol–water partition coefficient (Wildman–Crippen LogP) is 2.39. The molecule has 0 fully saturated rings. The molecule has 0 bridgehead atoms. The minimum absolute atomic E-state index is 0.124. The van der Waals surface area contributed by atoms with Gasteiger partial charge in [0.2, 0.25) is 5.91 Å². The average Bonchev–Trinajstić information content (AvgIpc) is 3.47. The Morgan fingerprint density at radius 2 is 2.16 bits per heavy atom. The van der Waals surface area contributed by atoms with Gasteiger partial charge in [0.1, 0.15) is 18.9 Å². The molecule has 31 heavy (non-hydrogen) atoms. The first-order valence-electron chi connectivity index (χ1n) is 10.1. The maximum atomic E-state index is 12.1. The number of amides is 1. The molecule has 0 saturated heterocycles. The van der Waals surface area contributed by atoms with Crippen molar-refractivity contribution in [3.05, 3.63) is 72.4 Å². The van der Waals surface area contributed by atoms with Gasteiger partial charge in [-0.1, -0.05) is 12.1 Å². The van der Waals surface area contributed by atoms with E-state index >= 15 is 0 Å². The molecule has 0 radical (unpaired) electrons. The van der Waals surface area contributed by atoms with E-state index < -0.39 is 0 Å². The van der Waals surface area contributed by atoms with E-state index in [0.29, 0.717) is 25.7 Å². The first-order chi connectivity index (χ1) is 15.2. The summed E-state index contributed by atoms with van der Waals surface area (Å²) in [6.07, 6.45) is 5.89. The third kappa shape index (κ3) is 7.98. The molecule has 164 valence electrons. The van der Waals surface area contributed by atoms with Crippen LogP contribution in [-0.2, 0) is 29.2 Å². The van der Waals surface area contributed by atoms with Gasteiger partial charge in [0, 0.05) is 44.8 Å². The molecule has 0 aliphatic carbocycles. The van der Waals surface area contributed by atoms with Crippen molar-refractivity contribution in [1.29, 1.82) is 0 Å². The maximum Gasteiger partial charge on any atom is 0.246 e. The van der Waals surface area contributed by atoms with Gasteiger partial charge in [0.15, 0.2) is 5.96 Å². The molecule has 3 N–H and O–H groups in total. The molecule has 2 heterocycles. The van der Waals surface area contributed by atoms with Crippen LogP contribution in [-0.4, -0.2) is 41.8 Å². The molecular formula is C22H28N6O3. The van der Waals surface area contributed by atoms with Crippen molar-refractivity contribution in [2.24, 2.45) is 4.99 Å². The van der Waals surface area contributed by atoms with Crippen molar-refractivity contribution in [3.63, 3.8) is 0 Å². The van der Waals surface area contributed by atoms with Crippen LogP contribution in [0.3, 0.4) is 0 Å². The van der Waals surface area contributed by atoms with Crippen LogP contribution in [0, 0.1) is 0 Å². The van der Waals surface area contributed by atoms with Gasteiger partial charge in [-0.2, -0.15) is 5.10 Å². The number of nitrogens with one attached hydrogen (secondary N) is 3. The Balaban J connectivity index is 1.35. The zero-order valence-electron chi connectivity index (χ0n) is 17.6. The molecule has 3 rings (SSSR count). The molecule has 0 aliphatic rings. The summed E-state index contributed by atoms with van der Waals surface area (Å²) in [7, 11) is 1.73. The number of ether oxygens (including phenoxy) is 1. The van der Waals surface area contributed by atoms with Crippen LogP contribution in [0.15, 0.2) is 70.5 Å². The number of hydrogen-bond acceptors (Lipinski definition) is 5. The zero-order valence-corrected chi connectivity index (χ0v) is 17.6. The number of benzene rings is 1. The SMILES string of the molecule is CN=C(NCCCOCc1ccco1)NCc1cccc(NC(=O)Cn2cccn2)c1. The lowest BCUT2D eigenvalue weighted by Crippen LogP contribution is -2.37. The van der Waals surface area contributed by atoms with E-state index in [1.807, 2.05) is 36.4 Å². The van der Waals surface area contributed by atoms with Crippen LogP contribution < -0.4 is 16.0 Å². The number of guanidine groups is 1. The van der Waals surface area contributed by atoms with E-state index in [1.54, 1.807) is 36.5 Å². The lowest BCUT2D eigenvalue weighted by molar-refractivity contribution is -0.116. The highest BCUT2D eigenvalue weighted by Gasteiger charge is 2.05. The molecule has 2 aromatic heterocycles. The number of carbonyl (C=O) groups excluding carboxylic acids is 1. The molecular weight excluding hydrogens is 396 g/mol. The van der Waals surface area contributed by atoms with E-state index in [4.69, 9.17) is 9.15 Å². The summed E-state index contributed by atoms with van der Waals surface area (Å²) in [5.74, 6) is 1.41. The Bertz CT molecular complexity index is 938. The highest BCUT2D eigenvalue weighted by Crippen LogP contribution is 2.10. The summed E-state index contributed by atoms with van der Waals surface area (Å²) >= 11 is 0. The number of furan rings is 1. The number of anilines is 1. The Morgan fingerprint density at radius 1 is 1.23 bits per heavy atom. The van der Waals surface area contributed by atoms with E-state index in [2.05, 4.69) is 26.0 Å². The summed E-state index contributed by atoms with van der Waals surface area (Å²) < 4.78 is 12.4. The highest BCUT2D eigenvalue weighted by molar-refractivity contribution is 5.90. The number of carbonyl (C=O) groups is 1. The van der Waals surface area contributed by atoms with E-state index in [-0.39, 0.29) is 12.5 Å². The van der Waals surface area contributed by atoms with Crippen molar-refractivity contribution in [2.45, 2.75) is 26.1 Å². The molecule has 0 unspecified atom stereocenters. The normalized spacial score (nSPS) is 11.3. The third-order valence-corrected chi connectivity index (χ3v) is 4.34. The minimum atomic E-state index is -0.124. The fourth-order valence-electron chi connectivity index (χ4n) is 2.86. The van der Waals surface area contributed by atoms with Gasteiger partial charge in [0.25, 0.3) is 0 Å². The lowest BCUT2D eigenvalue weighted by Gasteiger charge is -2.13. The standard InChI is InChI=1S/C22H28N6O3/c1-23-22(24-9-5-12-30-17-20-8-3-13-31-20)25-15-18-6-2-7-19(14-18)27-21(29)16-28-11-4-10-26-28/h2-4,6-8,10-11,13-14H,5,9,12,15-17H2,1H3,(H,27,29)(H2,23,24,25). The Kier molecular flexibility index (Phi) is 8.69. The largest absolute Gasteiger partial charge is 0.467 e. The second-order valence-corrected chi connectivity index (χ2v) is 6.79. The van der Waals surface area contributed by atoms with Gasteiger partial charge in [-0.15, -0.1) is 0 Å². The number of aliphatic imine (C=N–C) groups is 1. The molecule has 0 saturated carbocycles. The van der Waals surface area contributed by atoms with E-state index in [9.17, 15) is 4.79 Å². The minimum Gasteiger partial charge on any atom is -0.467 e. The van der Waals surface area contributed by atoms with Crippen LogP contribution in [0.25, 0.3) is 0 Å². The smallest absolute Gasteiger partial charge is 0.246 e. The zero-order chi connectivity index (χ0) is 21.7. The summed E-state index contributed by atoms with van der Waals surface area (Å²) in [6.45, 7) is 2.61. The van der Waals surface area contributed by atoms with Gasteiger partial charge in [0.05, 0.1) is 6.26 Å². The fourth-order valence-corrected chi connectivity index (χ4v) is 2.86. The van der Waals surface area contributed by atoms with Crippen molar-refractivity contribution < 1.29 is 13.9 Å².